The Balaban J connectivity index is 0.000000239. The molecule has 0 aliphatic heterocycles. The van der Waals surface area contributed by atoms with Crippen molar-refractivity contribution < 1.29 is 0 Å². The number of aryl methyl sites for hydroxylation is 1. The summed E-state index contributed by atoms with van der Waals surface area (Å²) in [6.07, 6.45) is 18.2. The summed E-state index contributed by atoms with van der Waals surface area (Å²) in [4.78, 5) is 12.7. The predicted molar refractivity (Wildman–Crippen MR) is 113 cm³/mol. The summed E-state index contributed by atoms with van der Waals surface area (Å²) in [5.74, 6) is 0.940. The molecule has 28 heavy (non-hydrogen) atoms. The van der Waals surface area contributed by atoms with Crippen molar-refractivity contribution in [2.45, 2.75) is 59.3 Å². The maximum Gasteiger partial charge on any atom is 0.238 e. The first-order valence-electron chi connectivity index (χ1n) is 10.1. The molecule has 0 atom stereocenters. The van der Waals surface area contributed by atoms with Gasteiger partial charge in [0.05, 0.1) is 11.2 Å². The Kier molecular flexibility index (Phi) is 6.57. The molecule has 4 heterocycles. The van der Waals surface area contributed by atoms with Gasteiger partial charge in [-0.3, -0.25) is 4.40 Å². The summed E-state index contributed by atoms with van der Waals surface area (Å²) in [6, 6.07) is 1.98. The minimum atomic E-state index is 0.264. The number of anilines is 1. The van der Waals surface area contributed by atoms with Gasteiger partial charge >= 0.3 is 0 Å². The van der Waals surface area contributed by atoms with E-state index in [1.54, 1.807) is 16.9 Å². The van der Waals surface area contributed by atoms with Gasteiger partial charge < -0.3 is 5.73 Å². The number of hydrogen-bond acceptors (Lipinski definition) is 5. The molecule has 7 heteroatoms. The van der Waals surface area contributed by atoms with Crippen LogP contribution in [0.5, 0.6) is 0 Å². The molecule has 0 amide bonds. The van der Waals surface area contributed by atoms with E-state index in [4.69, 9.17) is 5.73 Å². The largest absolute Gasteiger partial charge is 0.367 e. The molecule has 0 aromatic carbocycles. The Bertz CT molecular complexity index is 1020. The molecule has 5 rings (SSSR count). The molecule has 148 valence electrons. The van der Waals surface area contributed by atoms with Crippen molar-refractivity contribution in [3.8, 4) is 11.1 Å². The van der Waals surface area contributed by atoms with Crippen LogP contribution in [0, 0.1) is 6.92 Å². The number of nitrogens with zero attached hydrogens (tertiary/aromatic N) is 6. The van der Waals surface area contributed by atoms with Crippen LogP contribution in [0.2, 0.25) is 0 Å². The standard InChI is InChI=1S/C13H11N7.C6H12.C2H6/c1-8-11-10(2-4-20(11)18-12(14)17-8)9-6-16-13-15-3-5-19(13)7-9;1-2-4-6-5-3-1;1-2/h2-7H,1H3,(H2,14,18);1-6H2;1-2H3. The van der Waals surface area contributed by atoms with Crippen molar-refractivity contribution in [3.05, 3.63) is 42.7 Å². The van der Waals surface area contributed by atoms with Crippen molar-refractivity contribution in [2.75, 3.05) is 5.73 Å². The van der Waals surface area contributed by atoms with Crippen molar-refractivity contribution in [1.29, 1.82) is 0 Å². The third kappa shape index (κ3) is 4.30. The van der Waals surface area contributed by atoms with Crippen molar-refractivity contribution in [1.82, 2.24) is 29.0 Å². The van der Waals surface area contributed by atoms with E-state index < -0.39 is 0 Å². The van der Waals surface area contributed by atoms with E-state index in [2.05, 4.69) is 20.1 Å². The monoisotopic (exact) mass is 379 g/mol. The van der Waals surface area contributed by atoms with E-state index in [1.807, 2.05) is 49.8 Å². The average molecular weight is 380 g/mol. The lowest BCUT2D eigenvalue weighted by atomic mass is 10.0. The van der Waals surface area contributed by atoms with Gasteiger partial charge in [0.2, 0.25) is 11.7 Å². The number of rotatable bonds is 1. The SMILES string of the molecule is C1CCCCC1.CC.Cc1nc(N)nn2ccc(-c3cnc4nccn4c3)c12. The van der Waals surface area contributed by atoms with Gasteiger partial charge in [-0.05, 0) is 13.0 Å². The van der Waals surface area contributed by atoms with Crippen LogP contribution < -0.4 is 5.73 Å². The van der Waals surface area contributed by atoms with Crippen molar-refractivity contribution >= 4 is 17.2 Å². The van der Waals surface area contributed by atoms with Crippen LogP contribution in [0.1, 0.15) is 58.1 Å². The fourth-order valence-corrected chi connectivity index (χ4v) is 3.47. The lowest BCUT2D eigenvalue weighted by Crippen LogP contribution is -2.03. The molecule has 7 nitrogen and oxygen atoms in total. The maximum absolute atomic E-state index is 5.67. The molecule has 0 unspecified atom stereocenters. The lowest BCUT2D eigenvalue weighted by Gasteiger charge is -2.05. The number of imidazole rings is 1. The summed E-state index contributed by atoms with van der Waals surface area (Å²) < 4.78 is 3.62. The predicted octanol–water partition coefficient (Wildman–Crippen LogP) is 4.70. The summed E-state index contributed by atoms with van der Waals surface area (Å²) in [6.45, 7) is 5.92. The van der Waals surface area contributed by atoms with Gasteiger partial charge in [-0.15, -0.1) is 5.10 Å². The van der Waals surface area contributed by atoms with E-state index in [-0.39, 0.29) is 5.95 Å². The number of aromatic nitrogens is 6. The van der Waals surface area contributed by atoms with Gasteiger partial charge in [0.25, 0.3) is 0 Å². The molecule has 4 aromatic rings. The number of hydrogen-bond donors (Lipinski definition) is 1. The second-order valence-corrected chi connectivity index (χ2v) is 6.68. The van der Waals surface area contributed by atoms with Crippen LogP contribution in [0.4, 0.5) is 5.95 Å². The van der Waals surface area contributed by atoms with Crippen LogP contribution in [0.15, 0.2) is 37.1 Å². The third-order valence-corrected chi connectivity index (χ3v) is 4.76. The molecule has 1 aliphatic rings. The van der Waals surface area contributed by atoms with Crippen molar-refractivity contribution in [2.24, 2.45) is 0 Å². The van der Waals surface area contributed by atoms with Crippen LogP contribution >= 0.6 is 0 Å². The molecule has 4 aromatic heterocycles. The summed E-state index contributed by atoms with van der Waals surface area (Å²) in [5, 5.41) is 4.18. The van der Waals surface area contributed by atoms with E-state index >= 15 is 0 Å². The highest BCUT2D eigenvalue weighted by molar-refractivity contribution is 5.82. The quantitative estimate of drug-likeness (QED) is 0.518. The highest BCUT2D eigenvalue weighted by Gasteiger charge is 2.11. The first kappa shape index (κ1) is 19.8. The second-order valence-electron chi connectivity index (χ2n) is 6.68. The van der Waals surface area contributed by atoms with Crippen LogP contribution in [0.25, 0.3) is 22.4 Å². The van der Waals surface area contributed by atoms with Crippen molar-refractivity contribution in [3.63, 3.8) is 0 Å². The minimum absolute atomic E-state index is 0.264. The lowest BCUT2D eigenvalue weighted by molar-refractivity contribution is 0.504. The van der Waals surface area contributed by atoms with E-state index in [9.17, 15) is 0 Å². The van der Waals surface area contributed by atoms with Gasteiger partial charge in [-0.2, -0.15) is 0 Å². The Hall–Kier alpha value is -2.96. The van der Waals surface area contributed by atoms with Gasteiger partial charge in [0, 0.05) is 42.1 Å². The molecule has 1 saturated carbocycles. The Morgan fingerprint density at radius 3 is 2.32 bits per heavy atom. The van der Waals surface area contributed by atoms with E-state index in [0.29, 0.717) is 5.78 Å². The molecular weight excluding hydrogens is 350 g/mol. The van der Waals surface area contributed by atoms with Gasteiger partial charge in [0.1, 0.15) is 0 Å². The fourth-order valence-electron chi connectivity index (χ4n) is 3.47. The summed E-state index contributed by atoms with van der Waals surface area (Å²) in [5.41, 5.74) is 9.43. The molecule has 0 radical (unpaired) electrons. The maximum atomic E-state index is 5.67. The first-order chi connectivity index (χ1) is 13.7. The molecule has 2 N–H and O–H groups in total. The molecule has 1 fully saturated rings. The molecule has 0 spiro atoms. The zero-order valence-electron chi connectivity index (χ0n) is 17.0. The Morgan fingerprint density at radius 1 is 0.964 bits per heavy atom. The van der Waals surface area contributed by atoms with Gasteiger partial charge in [-0.25, -0.2) is 19.5 Å². The zero-order chi connectivity index (χ0) is 19.9. The van der Waals surface area contributed by atoms with E-state index in [0.717, 1.165) is 22.3 Å². The highest BCUT2D eigenvalue weighted by atomic mass is 15.3. The second kappa shape index (κ2) is 9.30. The summed E-state index contributed by atoms with van der Waals surface area (Å²) in [7, 11) is 0. The summed E-state index contributed by atoms with van der Waals surface area (Å²) >= 11 is 0. The first-order valence-corrected chi connectivity index (χ1v) is 10.1. The molecule has 0 saturated heterocycles. The van der Waals surface area contributed by atoms with E-state index in [1.165, 1.54) is 38.5 Å². The number of nitrogens with two attached hydrogens (primary N) is 1. The smallest absolute Gasteiger partial charge is 0.238 e. The Labute approximate surface area is 165 Å². The van der Waals surface area contributed by atoms with Crippen LogP contribution in [-0.2, 0) is 0 Å². The van der Waals surface area contributed by atoms with Gasteiger partial charge in [0.15, 0.2) is 0 Å². The molecular formula is C21H29N7. The topological polar surface area (TPSA) is 86.4 Å². The van der Waals surface area contributed by atoms with Crippen LogP contribution in [-0.4, -0.2) is 29.0 Å². The number of fused-ring (bicyclic) bond motifs is 2. The van der Waals surface area contributed by atoms with Crippen LogP contribution in [0.3, 0.4) is 0 Å². The zero-order valence-corrected chi connectivity index (χ0v) is 17.0. The third-order valence-electron chi connectivity index (χ3n) is 4.76. The average Bonchev–Trinajstić information content (AvgIpc) is 3.37. The number of nitrogen functional groups attached to an aromatic ring is 1. The van der Waals surface area contributed by atoms with Gasteiger partial charge in [-0.1, -0.05) is 52.4 Å². The molecule has 1 aliphatic carbocycles. The fraction of sp³-hybridized carbons (Fsp3) is 0.429. The highest BCUT2D eigenvalue weighted by Crippen LogP contribution is 2.26. The minimum Gasteiger partial charge on any atom is -0.367 e. The Morgan fingerprint density at radius 2 is 1.64 bits per heavy atom. The normalized spacial score (nSPS) is 13.5. The molecule has 0 bridgehead atoms.